The first-order chi connectivity index (χ1) is 9.31. The molecule has 1 aromatic rings. The van der Waals surface area contributed by atoms with E-state index in [1.165, 1.54) is 0 Å². The molecule has 0 atom stereocenters. The van der Waals surface area contributed by atoms with Gasteiger partial charge in [0.25, 0.3) is 0 Å². The standard InChI is InChI=1S/C14H21N3O2/c15-11-13-2-1-3-14(10-13)19-9-8-16-4-6-17(12-18)7-5-16/h1-3,10,12H,4-9,11,15H2. The zero-order valence-corrected chi connectivity index (χ0v) is 11.1. The van der Waals surface area contributed by atoms with Crippen molar-refractivity contribution in [2.45, 2.75) is 6.54 Å². The number of nitrogens with zero attached hydrogens (tertiary/aromatic N) is 2. The third-order valence-electron chi connectivity index (χ3n) is 3.37. The molecule has 1 aliphatic heterocycles. The number of nitrogens with two attached hydrogens (primary N) is 1. The van der Waals surface area contributed by atoms with Crippen molar-refractivity contribution in [2.24, 2.45) is 5.73 Å². The van der Waals surface area contributed by atoms with Crippen LogP contribution in [0.5, 0.6) is 5.75 Å². The fraction of sp³-hybridized carbons (Fsp3) is 0.500. The van der Waals surface area contributed by atoms with Crippen molar-refractivity contribution < 1.29 is 9.53 Å². The number of hydrogen-bond donors (Lipinski definition) is 1. The van der Waals surface area contributed by atoms with Crippen molar-refractivity contribution in [1.29, 1.82) is 0 Å². The molecule has 1 amide bonds. The van der Waals surface area contributed by atoms with Gasteiger partial charge in [0.15, 0.2) is 0 Å². The number of amides is 1. The molecule has 1 saturated heterocycles. The van der Waals surface area contributed by atoms with Gasteiger partial charge in [-0.3, -0.25) is 9.69 Å². The number of hydrogen-bond acceptors (Lipinski definition) is 4. The molecule has 0 saturated carbocycles. The van der Waals surface area contributed by atoms with Gasteiger partial charge in [-0.05, 0) is 17.7 Å². The highest BCUT2D eigenvalue weighted by molar-refractivity contribution is 5.47. The number of carbonyl (C=O) groups is 1. The van der Waals surface area contributed by atoms with Crippen LogP contribution in [-0.4, -0.2) is 55.5 Å². The molecule has 0 spiro atoms. The molecular weight excluding hydrogens is 242 g/mol. The minimum atomic E-state index is 0.533. The Labute approximate surface area is 113 Å². The summed E-state index contributed by atoms with van der Waals surface area (Å²) >= 11 is 0. The summed E-state index contributed by atoms with van der Waals surface area (Å²) in [7, 11) is 0. The first-order valence-electron chi connectivity index (χ1n) is 6.65. The Morgan fingerprint density at radius 2 is 2.05 bits per heavy atom. The van der Waals surface area contributed by atoms with Crippen LogP contribution >= 0.6 is 0 Å². The van der Waals surface area contributed by atoms with E-state index >= 15 is 0 Å². The molecule has 2 N–H and O–H groups in total. The molecular formula is C14H21N3O2. The molecule has 1 fully saturated rings. The second kappa shape index (κ2) is 7.11. The van der Waals surface area contributed by atoms with Crippen molar-refractivity contribution in [1.82, 2.24) is 9.80 Å². The van der Waals surface area contributed by atoms with Gasteiger partial charge < -0.3 is 15.4 Å². The van der Waals surface area contributed by atoms with E-state index in [9.17, 15) is 4.79 Å². The number of carbonyl (C=O) groups excluding carboxylic acids is 1. The predicted octanol–water partition coefficient (Wildman–Crippen LogP) is 0.298. The van der Waals surface area contributed by atoms with Crippen LogP contribution in [0.1, 0.15) is 5.56 Å². The van der Waals surface area contributed by atoms with E-state index in [1.807, 2.05) is 29.2 Å². The summed E-state index contributed by atoms with van der Waals surface area (Å²) in [6.07, 6.45) is 0.923. The third kappa shape index (κ3) is 4.22. The molecule has 0 bridgehead atoms. The first kappa shape index (κ1) is 13.8. The number of rotatable bonds is 6. The van der Waals surface area contributed by atoms with Gasteiger partial charge in [0.2, 0.25) is 6.41 Å². The normalized spacial score (nSPS) is 16.4. The number of benzene rings is 1. The SMILES string of the molecule is NCc1cccc(OCCN2CCN(C=O)CC2)c1. The molecule has 2 rings (SSSR count). The molecule has 5 heteroatoms. The Morgan fingerprint density at radius 3 is 2.74 bits per heavy atom. The molecule has 0 radical (unpaired) electrons. The van der Waals surface area contributed by atoms with Gasteiger partial charge in [0, 0.05) is 39.3 Å². The van der Waals surface area contributed by atoms with E-state index in [-0.39, 0.29) is 0 Å². The maximum Gasteiger partial charge on any atom is 0.209 e. The van der Waals surface area contributed by atoms with E-state index in [2.05, 4.69) is 4.90 Å². The predicted molar refractivity (Wildman–Crippen MR) is 73.9 cm³/mol. The smallest absolute Gasteiger partial charge is 0.209 e. The Hall–Kier alpha value is -1.59. The highest BCUT2D eigenvalue weighted by atomic mass is 16.5. The van der Waals surface area contributed by atoms with Gasteiger partial charge in [-0.2, -0.15) is 0 Å². The van der Waals surface area contributed by atoms with Gasteiger partial charge in [-0.15, -0.1) is 0 Å². The second-order valence-corrected chi connectivity index (χ2v) is 4.68. The molecule has 0 unspecified atom stereocenters. The topological polar surface area (TPSA) is 58.8 Å². The quantitative estimate of drug-likeness (QED) is 0.750. The average molecular weight is 263 g/mol. The molecule has 0 aromatic heterocycles. The van der Waals surface area contributed by atoms with E-state index in [1.54, 1.807) is 0 Å². The highest BCUT2D eigenvalue weighted by Gasteiger charge is 2.14. The van der Waals surface area contributed by atoms with Crippen molar-refractivity contribution in [3.05, 3.63) is 29.8 Å². The molecule has 104 valence electrons. The number of piperazine rings is 1. The lowest BCUT2D eigenvalue weighted by Gasteiger charge is -2.32. The van der Waals surface area contributed by atoms with E-state index < -0.39 is 0 Å². The fourth-order valence-electron chi connectivity index (χ4n) is 2.15. The van der Waals surface area contributed by atoms with Crippen LogP contribution in [0.3, 0.4) is 0 Å². The molecule has 1 aliphatic rings. The summed E-state index contributed by atoms with van der Waals surface area (Å²) in [5, 5.41) is 0. The van der Waals surface area contributed by atoms with Crippen molar-refractivity contribution in [3.63, 3.8) is 0 Å². The van der Waals surface area contributed by atoms with Gasteiger partial charge in [0.1, 0.15) is 12.4 Å². The number of ether oxygens (including phenoxy) is 1. The van der Waals surface area contributed by atoms with Crippen LogP contribution in [0.15, 0.2) is 24.3 Å². The van der Waals surface area contributed by atoms with E-state index in [0.29, 0.717) is 13.2 Å². The van der Waals surface area contributed by atoms with Crippen molar-refractivity contribution in [2.75, 3.05) is 39.3 Å². The van der Waals surface area contributed by atoms with Crippen LogP contribution in [0.2, 0.25) is 0 Å². The zero-order valence-electron chi connectivity index (χ0n) is 11.1. The fourth-order valence-corrected chi connectivity index (χ4v) is 2.15. The molecule has 1 heterocycles. The Bertz CT molecular complexity index is 403. The minimum Gasteiger partial charge on any atom is -0.492 e. The van der Waals surface area contributed by atoms with Crippen LogP contribution in [-0.2, 0) is 11.3 Å². The van der Waals surface area contributed by atoms with Crippen LogP contribution in [0, 0.1) is 0 Å². The largest absolute Gasteiger partial charge is 0.492 e. The average Bonchev–Trinajstić information content (AvgIpc) is 2.48. The molecule has 0 aliphatic carbocycles. The van der Waals surface area contributed by atoms with Gasteiger partial charge >= 0.3 is 0 Å². The summed E-state index contributed by atoms with van der Waals surface area (Å²) < 4.78 is 5.72. The van der Waals surface area contributed by atoms with Gasteiger partial charge in [-0.1, -0.05) is 12.1 Å². The lowest BCUT2D eigenvalue weighted by atomic mass is 10.2. The Balaban J connectivity index is 1.70. The Morgan fingerprint density at radius 1 is 1.26 bits per heavy atom. The summed E-state index contributed by atoms with van der Waals surface area (Å²) in [5.41, 5.74) is 6.67. The summed E-state index contributed by atoms with van der Waals surface area (Å²) in [6, 6.07) is 7.87. The zero-order chi connectivity index (χ0) is 13.5. The summed E-state index contributed by atoms with van der Waals surface area (Å²) in [6.45, 7) is 5.55. The van der Waals surface area contributed by atoms with Crippen LogP contribution in [0.4, 0.5) is 0 Å². The van der Waals surface area contributed by atoms with Gasteiger partial charge in [0.05, 0.1) is 0 Å². The molecule has 1 aromatic carbocycles. The van der Waals surface area contributed by atoms with E-state index in [0.717, 1.165) is 50.4 Å². The lowest BCUT2D eigenvalue weighted by molar-refractivity contribution is -0.119. The lowest BCUT2D eigenvalue weighted by Crippen LogP contribution is -2.46. The monoisotopic (exact) mass is 263 g/mol. The first-order valence-corrected chi connectivity index (χ1v) is 6.65. The maximum atomic E-state index is 10.6. The highest BCUT2D eigenvalue weighted by Crippen LogP contribution is 2.12. The van der Waals surface area contributed by atoms with Crippen molar-refractivity contribution in [3.8, 4) is 5.75 Å². The van der Waals surface area contributed by atoms with E-state index in [4.69, 9.17) is 10.5 Å². The minimum absolute atomic E-state index is 0.533. The summed E-state index contributed by atoms with van der Waals surface area (Å²) in [4.78, 5) is 14.7. The summed E-state index contributed by atoms with van der Waals surface area (Å²) in [5.74, 6) is 0.870. The second-order valence-electron chi connectivity index (χ2n) is 4.68. The molecule has 5 nitrogen and oxygen atoms in total. The van der Waals surface area contributed by atoms with Crippen LogP contribution in [0.25, 0.3) is 0 Å². The van der Waals surface area contributed by atoms with Crippen molar-refractivity contribution >= 4 is 6.41 Å². The maximum absolute atomic E-state index is 10.6. The third-order valence-corrected chi connectivity index (χ3v) is 3.37. The molecule has 19 heavy (non-hydrogen) atoms. The van der Waals surface area contributed by atoms with Crippen LogP contribution < -0.4 is 10.5 Å². The Kier molecular flexibility index (Phi) is 5.18. The van der Waals surface area contributed by atoms with Gasteiger partial charge in [-0.25, -0.2) is 0 Å².